The van der Waals surface area contributed by atoms with Crippen molar-refractivity contribution in [2.24, 2.45) is 5.92 Å². The number of aromatic nitrogens is 1. The van der Waals surface area contributed by atoms with Crippen molar-refractivity contribution in [1.82, 2.24) is 10.5 Å². The van der Waals surface area contributed by atoms with E-state index in [0.29, 0.717) is 27.7 Å². The molecular weight excluding hydrogens is 448 g/mol. The molecule has 33 heavy (non-hydrogen) atoms. The summed E-state index contributed by atoms with van der Waals surface area (Å²) in [6.07, 6.45) is 0. The number of urea groups is 1. The quantitative estimate of drug-likeness (QED) is 0.435. The van der Waals surface area contributed by atoms with Crippen LogP contribution in [0, 0.1) is 5.92 Å². The number of benzene rings is 2. The third kappa shape index (κ3) is 6.33. The van der Waals surface area contributed by atoms with Gasteiger partial charge in [-0.2, -0.15) is 0 Å². The van der Waals surface area contributed by atoms with Crippen LogP contribution in [0.2, 0.25) is 5.02 Å². The van der Waals surface area contributed by atoms with Gasteiger partial charge in [-0.05, 0) is 42.3 Å². The Morgan fingerprint density at radius 1 is 0.970 bits per heavy atom. The van der Waals surface area contributed by atoms with Crippen LogP contribution in [0.3, 0.4) is 0 Å². The van der Waals surface area contributed by atoms with E-state index in [1.54, 1.807) is 62.4 Å². The molecule has 0 aliphatic carbocycles. The van der Waals surface area contributed by atoms with Gasteiger partial charge in [-0.25, -0.2) is 9.59 Å². The Morgan fingerprint density at radius 3 is 2.09 bits per heavy atom. The lowest BCUT2D eigenvalue weighted by molar-refractivity contribution is -0.144. The molecule has 0 saturated heterocycles. The first kappa shape index (κ1) is 23.8. The number of hydrogen-bond acceptors (Lipinski definition) is 6. The first-order chi connectivity index (χ1) is 15.8. The number of ether oxygens (including phenoxy) is 1. The van der Waals surface area contributed by atoms with E-state index in [2.05, 4.69) is 21.1 Å². The van der Waals surface area contributed by atoms with Crippen molar-refractivity contribution in [3.05, 3.63) is 65.4 Å². The summed E-state index contributed by atoms with van der Waals surface area (Å²) in [6, 6.07) is 13.8. The number of esters is 1. The Hall–Kier alpha value is -3.85. The van der Waals surface area contributed by atoms with Crippen LogP contribution in [-0.4, -0.2) is 36.2 Å². The second-order valence-electron chi connectivity index (χ2n) is 7.46. The summed E-state index contributed by atoms with van der Waals surface area (Å²) in [5.41, 5.74) is 2.27. The number of carbonyl (C=O) groups is 3. The molecule has 172 valence electrons. The highest BCUT2D eigenvalue weighted by atomic mass is 35.5. The van der Waals surface area contributed by atoms with E-state index in [1.165, 1.54) is 13.2 Å². The molecule has 0 unspecified atom stereocenters. The molecular formula is C23H23ClN4O5. The lowest BCUT2D eigenvalue weighted by Crippen LogP contribution is -2.44. The van der Waals surface area contributed by atoms with Crippen molar-refractivity contribution in [3.8, 4) is 11.3 Å². The molecule has 0 fully saturated rings. The van der Waals surface area contributed by atoms with Crippen molar-refractivity contribution in [1.29, 1.82) is 0 Å². The summed E-state index contributed by atoms with van der Waals surface area (Å²) >= 11 is 5.83. The van der Waals surface area contributed by atoms with Crippen LogP contribution in [0.25, 0.3) is 11.3 Å². The Labute approximate surface area is 195 Å². The van der Waals surface area contributed by atoms with Gasteiger partial charge >= 0.3 is 12.0 Å². The molecule has 0 bridgehead atoms. The van der Waals surface area contributed by atoms with Crippen molar-refractivity contribution in [2.75, 3.05) is 17.7 Å². The fourth-order valence-electron chi connectivity index (χ4n) is 2.91. The Morgan fingerprint density at radius 2 is 1.55 bits per heavy atom. The standard InChI is InChI=1S/C23H23ClN4O5/c1-13(2)20(22(30)32-3)27-21(29)19-12-18(28-33-19)14-4-8-16(9-5-14)25-23(31)26-17-10-6-15(24)7-11-17/h4-13,20H,1-3H3,(H,27,29)(H2,25,26,31)/t20-/m0/s1. The van der Waals surface area contributed by atoms with Crippen LogP contribution >= 0.6 is 11.6 Å². The number of carbonyl (C=O) groups excluding carboxylic acids is 3. The van der Waals surface area contributed by atoms with E-state index >= 15 is 0 Å². The van der Waals surface area contributed by atoms with Crippen LogP contribution in [0.15, 0.2) is 59.1 Å². The molecule has 3 rings (SSSR count). The van der Waals surface area contributed by atoms with E-state index < -0.39 is 23.9 Å². The number of anilines is 2. The minimum atomic E-state index is -0.805. The first-order valence-corrected chi connectivity index (χ1v) is 10.4. The zero-order valence-electron chi connectivity index (χ0n) is 18.2. The van der Waals surface area contributed by atoms with E-state index in [4.69, 9.17) is 20.9 Å². The van der Waals surface area contributed by atoms with Crippen molar-refractivity contribution < 1.29 is 23.6 Å². The van der Waals surface area contributed by atoms with Crippen LogP contribution in [0.5, 0.6) is 0 Å². The predicted octanol–water partition coefficient (Wildman–Crippen LogP) is 4.57. The van der Waals surface area contributed by atoms with Gasteiger partial charge in [0.25, 0.3) is 5.91 Å². The maximum atomic E-state index is 12.5. The number of halogens is 1. The fourth-order valence-corrected chi connectivity index (χ4v) is 3.03. The highest BCUT2D eigenvalue weighted by molar-refractivity contribution is 6.30. The number of rotatable bonds is 7. The zero-order valence-corrected chi connectivity index (χ0v) is 19.0. The minimum absolute atomic E-state index is 0.0379. The summed E-state index contributed by atoms with van der Waals surface area (Å²) in [4.78, 5) is 36.4. The molecule has 0 radical (unpaired) electrons. The molecule has 3 amide bonds. The molecule has 3 aromatic rings. The molecule has 2 aromatic carbocycles. The number of hydrogen-bond donors (Lipinski definition) is 3. The average molecular weight is 471 g/mol. The number of amides is 3. The maximum Gasteiger partial charge on any atom is 0.328 e. The summed E-state index contributed by atoms with van der Waals surface area (Å²) < 4.78 is 9.86. The zero-order chi connectivity index (χ0) is 24.0. The Kier molecular flexibility index (Phi) is 7.68. The smallest absolute Gasteiger partial charge is 0.328 e. The highest BCUT2D eigenvalue weighted by Gasteiger charge is 2.27. The number of nitrogens with one attached hydrogen (secondary N) is 3. The molecule has 1 atom stereocenters. The Bertz CT molecular complexity index is 1130. The maximum absolute atomic E-state index is 12.5. The molecule has 9 nitrogen and oxygen atoms in total. The van der Waals surface area contributed by atoms with Gasteiger partial charge in [0.1, 0.15) is 11.7 Å². The van der Waals surface area contributed by atoms with E-state index in [9.17, 15) is 14.4 Å². The molecule has 0 spiro atoms. The van der Waals surface area contributed by atoms with Crippen LogP contribution in [0.1, 0.15) is 24.4 Å². The first-order valence-electron chi connectivity index (χ1n) is 10.1. The third-order valence-electron chi connectivity index (χ3n) is 4.68. The van der Waals surface area contributed by atoms with Gasteiger partial charge in [0.05, 0.1) is 7.11 Å². The second kappa shape index (κ2) is 10.6. The number of methoxy groups -OCH3 is 1. The summed E-state index contributed by atoms with van der Waals surface area (Å²) in [5, 5.41) is 12.5. The van der Waals surface area contributed by atoms with Gasteiger partial charge in [0.2, 0.25) is 5.76 Å². The molecule has 1 heterocycles. The number of nitrogens with zero attached hydrogens (tertiary/aromatic N) is 1. The van der Waals surface area contributed by atoms with Crippen LogP contribution in [0.4, 0.5) is 16.2 Å². The SMILES string of the molecule is COC(=O)[C@@H](NC(=O)c1cc(-c2ccc(NC(=O)Nc3ccc(Cl)cc3)cc2)no1)C(C)C. The fraction of sp³-hybridized carbons (Fsp3) is 0.217. The molecule has 0 saturated carbocycles. The highest BCUT2D eigenvalue weighted by Crippen LogP contribution is 2.22. The second-order valence-corrected chi connectivity index (χ2v) is 7.89. The molecule has 1 aromatic heterocycles. The van der Waals surface area contributed by atoms with E-state index in [-0.39, 0.29) is 11.7 Å². The van der Waals surface area contributed by atoms with Gasteiger partial charge in [0.15, 0.2) is 0 Å². The summed E-state index contributed by atoms with van der Waals surface area (Å²) in [6.45, 7) is 3.58. The van der Waals surface area contributed by atoms with Gasteiger partial charge < -0.3 is 25.2 Å². The average Bonchev–Trinajstić information content (AvgIpc) is 3.29. The summed E-state index contributed by atoms with van der Waals surface area (Å²) in [5.74, 6) is -1.32. The van der Waals surface area contributed by atoms with Crippen molar-refractivity contribution in [3.63, 3.8) is 0 Å². The van der Waals surface area contributed by atoms with E-state index in [0.717, 1.165) is 0 Å². The van der Waals surface area contributed by atoms with Crippen molar-refractivity contribution in [2.45, 2.75) is 19.9 Å². The van der Waals surface area contributed by atoms with Crippen LogP contribution in [-0.2, 0) is 9.53 Å². The van der Waals surface area contributed by atoms with Gasteiger partial charge in [-0.15, -0.1) is 0 Å². The molecule has 0 aliphatic heterocycles. The van der Waals surface area contributed by atoms with Gasteiger partial charge in [-0.1, -0.05) is 42.7 Å². The monoisotopic (exact) mass is 470 g/mol. The largest absolute Gasteiger partial charge is 0.467 e. The predicted molar refractivity (Wildman–Crippen MR) is 124 cm³/mol. The minimum Gasteiger partial charge on any atom is -0.467 e. The lowest BCUT2D eigenvalue weighted by Gasteiger charge is -2.18. The molecule has 0 aliphatic rings. The third-order valence-corrected chi connectivity index (χ3v) is 4.93. The molecule has 3 N–H and O–H groups in total. The van der Waals surface area contributed by atoms with Crippen molar-refractivity contribution >= 4 is 40.9 Å². The van der Waals surface area contributed by atoms with Gasteiger partial charge in [-0.3, -0.25) is 4.79 Å². The Balaban J connectivity index is 1.62. The molecule has 10 heteroatoms. The van der Waals surface area contributed by atoms with Crippen LogP contribution < -0.4 is 16.0 Å². The van der Waals surface area contributed by atoms with Gasteiger partial charge in [0, 0.05) is 28.0 Å². The van der Waals surface area contributed by atoms with E-state index in [1.807, 2.05) is 0 Å². The normalized spacial score (nSPS) is 11.5. The topological polar surface area (TPSA) is 123 Å². The summed E-state index contributed by atoms with van der Waals surface area (Å²) in [7, 11) is 1.26. The lowest BCUT2D eigenvalue weighted by atomic mass is 10.0.